The minimum Gasteiger partial charge on any atom is -0.497 e. The van der Waals surface area contributed by atoms with E-state index in [1.54, 1.807) is 18.3 Å². The Labute approximate surface area is 140 Å². The first-order valence-electron chi connectivity index (χ1n) is 7.99. The van der Waals surface area contributed by atoms with Crippen molar-refractivity contribution < 1.29 is 13.9 Å². The van der Waals surface area contributed by atoms with Gasteiger partial charge in [-0.05, 0) is 32.9 Å². The highest BCUT2D eigenvalue weighted by Gasteiger charge is 2.38. The van der Waals surface area contributed by atoms with Crippen LogP contribution in [0, 0.1) is 5.82 Å². The quantitative estimate of drug-likeness (QED) is 0.938. The largest absolute Gasteiger partial charge is 0.497 e. The Bertz CT molecular complexity index is 764. The number of H-pyrrole nitrogens is 1. The maximum absolute atomic E-state index is 14.2. The van der Waals surface area contributed by atoms with Crippen LogP contribution in [0.15, 0.2) is 24.4 Å². The maximum Gasteiger partial charge on any atom is 0.223 e. The molecule has 2 aromatic rings. The number of carbonyl (C=O) groups is 1. The van der Waals surface area contributed by atoms with Crippen LogP contribution in [0.2, 0.25) is 0 Å². The third-order valence-electron chi connectivity index (χ3n) is 4.38. The molecule has 24 heavy (non-hydrogen) atoms. The molecular formula is C18H22FN3O2. The topological polar surface area (TPSA) is 58.2 Å². The van der Waals surface area contributed by atoms with Crippen LogP contribution >= 0.6 is 0 Å². The minimum absolute atomic E-state index is 0.00628. The summed E-state index contributed by atoms with van der Waals surface area (Å²) in [5.41, 5.74) is 0.835. The monoisotopic (exact) mass is 331 g/mol. The van der Waals surface area contributed by atoms with Crippen LogP contribution in [0.4, 0.5) is 4.39 Å². The van der Waals surface area contributed by atoms with Crippen LogP contribution in [0.3, 0.4) is 0 Å². The van der Waals surface area contributed by atoms with Crippen LogP contribution in [0.5, 0.6) is 5.75 Å². The minimum atomic E-state index is -0.372. The van der Waals surface area contributed by atoms with Crippen LogP contribution in [0.1, 0.15) is 38.9 Å². The zero-order valence-electron chi connectivity index (χ0n) is 14.4. The molecule has 1 aliphatic rings. The van der Waals surface area contributed by atoms with E-state index in [9.17, 15) is 9.18 Å². The Balaban J connectivity index is 1.83. The second kappa shape index (κ2) is 5.92. The number of aromatic amines is 1. The number of hydrogen-bond donors (Lipinski definition) is 1. The molecule has 128 valence electrons. The van der Waals surface area contributed by atoms with Gasteiger partial charge < -0.3 is 14.6 Å². The Hall–Kier alpha value is -2.37. The van der Waals surface area contributed by atoms with Gasteiger partial charge in [-0.3, -0.25) is 4.79 Å². The molecule has 0 aliphatic carbocycles. The van der Waals surface area contributed by atoms with Gasteiger partial charge in [-0.15, -0.1) is 0 Å². The van der Waals surface area contributed by atoms with Gasteiger partial charge in [0.1, 0.15) is 17.4 Å². The zero-order valence-corrected chi connectivity index (χ0v) is 14.4. The van der Waals surface area contributed by atoms with Crippen LogP contribution in [0.25, 0.3) is 11.3 Å². The van der Waals surface area contributed by atoms with Crippen LogP contribution < -0.4 is 4.74 Å². The average molecular weight is 331 g/mol. The van der Waals surface area contributed by atoms with E-state index in [4.69, 9.17) is 4.74 Å². The number of methoxy groups -OCH3 is 1. The lowest BCUT2D eigenvalue weighted by molar-refractivity contribution is -0.131. The van der Waals surface area contributed by atoms with Gasteiger partial charge in [0, 0.05) is 36.1 Å². The first kappa shape index (κ1) is 16.5. The van der Waals surface area contributed by atoms with E-state index >= 15 is 0 Å². The van der Waals surface area contributed by atoms with E-state index in [1.165, 1.54) is 13.2 Å². The molecule has 0 unspecified atom stereocenters. The van der Waals surface area contributed by atoms with Gasteiger partial charge in [-0.2, -0.15) is 0 Å². The maximum atomic E-state index is 14.2. The number of nitrogens with one attached hydrogen (secondary N) is 1. The van der Waals surface area contributed by atoms with E-state index in [1.807, 2.05) is 25.7 Å². The van der Waals surface area contributed by atoms with Gasteiger partial charge >= 0.3 is 0 Å². The first-order chi connectivity index (χ1) is 11.3. The number of aromatic nitrogens is 2. The lowest BCUT2D eigenvalue weighted by Gasteiger charge is -2.31. The molecule has 1 amide bonds. The predicted octanol–water partition coefficient (Wildman–Crippen LogP) is 3.34. The number of amides is 1. The highest BCUT2D eigenvalue weighted by molar-refractivity contribution is 5.80. The van der Waals surface area contributed by atoms with Gasteiger partial charge in [0.25, 0.3) is 0 Å². The molecule has 2 heterocycles. The SMILES string of the molecule is COc1ccc(-c2cnc([C@@H]3CC(=O)N(C(C)(C)C)C3)[nH]2)c(F)c1. The number of hydrogen-bond acceptors (Lipinski definition) is 3. The second-order valence-electron chi connectivity index (χ2n) is 7.10. The fourth-order valence-electron chi connectivity index (χ4n) is 3.06. The predicted molar refractivity (Wildman–Crippen MR) is 89.4 cm³/mol. The van der Waals surface area contributed by atoms with Crippen molar-refractivity contribution in [2.75, 3.05) is 13.7 Å². The number of imidazole rings is 1. The molecule has 1 aliphatic heterocycles. The van der Waals surface area contributed by atoms with E-state index < -0.39 is 0 Å². The molecule has 0 spiro atoms. The molecule has 6 heteroatoms. The Morgan fingerprint density at radius 3 is 2.71 bits per heavy atom. The third kappa shape index (κ3) is 3.00. The second-order valence-corrected chi connectivity index (χ2v) is 7.10. The fraction of sp³-hybridized carbons (Fsp3) is 0.444. The molecule has 0 bridgehead atoms. The molecule has 1 atom stereocenters. The van der Waals surface area contributed by atoms with Crippen molar-refractivity contribution in [1.29, 1.82) is 0 Å². The van der Waals surface area contributed by atoms with Gasteiger partial charge in [0.15, 0.2) is 0 Å². The average Bonchev–Trinajstić information content (AvgIpc) is 3.13. The number of halogens is 1. The zero-order chi connectivity index (χ0) is 17.5. The molecule has 3 rings (SSSR count). The highest BCUT2D eigenvalue weighted by atomic mass is 19.1. The van der Waals surface area contributed by atoms with Crippen molar-refractivity contribution in [3.8, 4) is 17.0 Å². The number of nitrogens with zero attached hydrogens (tertiary/aromatic N) is 2. The number of ether oxygens (including phenoxy) is 1. The Morgan fingerprint density at radius 2 is 2.12 bits per heavy atom. The van der Waals surface area contributed by atoms with Crippen molar-refractivity contribution in [2.24, 2.45) is 0 Å². The third-order valence-corrected chi connectivity index (χ3v) is 4.38. The van der Waals surface area contributed by atoms with E-state index in [-0.39, 0.29) is 23.2 Å². The van der Waals surface area contributed by atoms with E-state index in [0.29, 0.717) is 30.0 Å². The molecule has 1 N–H and O–H groups in total. The summed E-state index contributed by atoms with van der Waals surface area (Å²) in [6.07, 6.45) is 2.04. The summed E-state index contributed by atoms with van der Waals surface area (Å²) in [5.74, 6) is 0.953. The normalized spacial score (nSPS) is 18.3. The molecular weight excluding hydrogens is 309 g/mol. The smallest absolute Gasteiger partial charge is 0.223 e. The molecule has 1 aromatic heterocycles. The van der Waals surface area contributed by atoms with Crippen molar-refractivity contribution >= 4 is 5.91 Å². The molecule has 1 aromatic carbocycles. The molecule has 5 nitrogen and oxygen atoms in total. The summed E-state index contributed by atoms with van der Waals surface area (Å²) in [5, 5.41) is 0. The molecule has 1 fully saturated rings. The lowest BCUT2D eigenvalue weighted by Crippen LogP contribution is -2.42. The molecule has 0 saturated carbocycles. The number of likely N-dealkylation sites (tertiary alicyclic amines) is 1. The van der Waals surface area contributed by atoms with Gasteiger partial charge in [-0.1, -0.05) is 0 Å². The highest BCUT2D eigenvalue weighted by Crippen LogP contribution is 2.33. The summed E-state index contributed by atoms with van der Waals surface area (Å²) >= 11 is 0. The van der Waals surface area contributed by atoms with Crippen molar-refractivity contribution in [3.05, 3.63) is 36.0 Å². The standard InChI is InChI=1S/C18H22FN3O2/c1-18(2,3)22-10-11(7-16(22)23)17-20-9-15(21-17)13-6-5-12(24-4)8-14(13)19/h5-6,8-9,11H,7,10H2,1-4H3,(H,20,21)/t11-/m1/s1. The number of carbonyl (C=O) groups excluding carboxylic acids is 1. The molecule has 1 saturated heterocycles. The van der Waals surface area contributed by atoms with Crippen LogP contribution in [-0.2, 0) is 4.79 Å². The van der Waals surface area contributed by atoms with Gasteiger partial charge in [0.05, 0.1) is 19.0 Å². The van der Waals surface area contributed by atoms with E-state index in [2.05, 4.69) is 9.97 Å². The number of rotatable bonds is 3. The summed E-state index contributed by atoms with van der Waals surface area (Å²) < 4.78 is 19.2. The van der Waals surface area contributed by atoms with Crippen molar-refractivity contribution in [1.82, 2.24) is 14.9 Å². The summed E-state index contributed by atoms with van der Waals surface area (Å²) in [6, 6.07) is 4.71. The van der Waals surface area contributed by atoms with Gasteiger partial charge in [0.2, 0.25) is 5.91 Å². The Kier molecular flexibility index (Phi) is 4.07. The van der Waals surface area contributed by atoms with E-state index in [0.717, 1.165) is 5.82 Å². The van der Waals surface area contributed by atoms with Crippen LogP contribution in [-0.4, -0.2) is 40.0 Å². The van der Waals surface area contributed by atoms with Crippen molar-refractivity contribution in [3.63, 3.8) is 0 Å². The Morgan fingerprint density at radius 1 is 1.38 bits per heavy atom. The fourth-order valence-corrected chi connectivity index (χ4v) is 3.06. The summed E-state index contributed by atoms with van der Waals surface area (Å²) in [6.45, 7) is 6.69. The summed E-state index contributed by atoms with van der Waals surface area (Å²) in [7, 11) is 1.50. The lowest BCUT2D eigenvalue weighted by atomic mass is 10.1. The first-order valence-corrected chi connectivity index (χ1v) is 7.99. The number of benzene rings is 1. The molecule has 0 radical (unpaired) electrons. The van der Waals surface area contributed by atoms with Crippen molar-refractivity contribution in [2.45, 2.75) is 38.6 Å². The van der Waals surface area contributed by atoms with Gasteiger partial charge in [-0.25, -0.2) is 9.37 Å². The summed E-state index contributed by atoms with van der Waals surface area (Å²) in [4.78, 5) is 21.6.